The van der Waals surface area contributed by atoms with Crippen LogP contribution < -0.4 is 11.5 Å². The summed E-state index contributed by atoms with van der Waals surface area (Å²) >= 11 is 2.68. The van der Waals surface area contributed by atoms with Crippen LogP contribution in [-0.2, 0) is 11.5 Å². The summed E-state index contributed by atoms with van der Waals surface area (Å²) in [6.07, 6.45) is 0. The molecule has 1 aromatic rings. The van der Waals surface area contributed by atoms with E-state index in [1.54, 1.807) is 0 Å². The molecule has 0 amide bonds. The second-order valence-electron chi connectivity index (χ2n) is 4.40. The van der Waals surface area contributed by atoms with Gasteiger partial charge in [0, 0.05) is 11.5 Å². The summed E-state index contributed by atoms with van der Waals surface area (Å²) in [5.74, 6) is 1.43. The molecule has 0 saturated carbocycles. The van der Waals surface area contributed by atoms with E-state index in [1.807, 2.05) is 0 Å². The van der Waals surface area contributed by atoms with Gasteiger partial charge in [0.15, 0.2) is 10.3 Å². The summed E-state index contributed by atoms with van der Waals surface area (Å²) in [4.78, 5) is 0. The van der Waals surface area contributed by atoms with Crippen LogP contribution in [0.1, 0.15) is 27.8 Å². The van der Waals surface area contributed by atoms with Crippen molar-refractivity contribution in [2.45, 2.75) is 32.3 Å². The van der Waals surface area contributed by atoms with Gasteiger partial charge in [-0.25, -0.2) is 0 Å². The molecule has 0 saturated heterocycles. The highest BCUT2D eigenvalue weighted by Crippen LogP contribution is 2.28. The Morgan fingerprint density at radius 2 is 1.30 bits per heavy atom. The molecule has 1 aromatic carbocycles. The Labute approximate surface area is 134 Å². The molecule has 0 aromatic heterocycles. The quantitative estimate of drug-likeness (QED) is 0.502. The number of hydrogen-bond donors (Lipinski definition) is 4. The molecule has 1 rings (SSSR count). The number of amidine groups is 2. The van der Waals surface area contributed by atoms with Gasteiger partial charge in [0.2, 0.25) is 0 Å². The highest BCUT2D eigenvalue weighted by molar-refractivity contribution is 8.13. The van der Waals surface area contributed by atoms with Gasteiger partial charge < -0.3 is 11.5 Å². The Hall–Kier alpha value is -0.850. The van der Waals surface area contributed by atoms with Gasteiger partial charge >= 0.3 is 0 Å². The van der Waals surface area contributed by atoms with Gasteiger partial charge in [-0.2, -0.15) is 0 Å². The lowest BCUT2D eigenvalue weighted by molar-refractivity contribution is 1.15. The Morgan fingerprint density at radius 1 is 0.950 bits per heavy atom. The summed E-state index contributed by atoms with van der Waals surface area (Å²) in [5, 5.41) is 14.9. The number of nitrogens with two attached hydrogens (primary N) is 2. The summed E-state index contributed by atoms with van der Waals surface area (Å²) in [7, 11) is 0. The van der Waals surface area contributed by atoms with E-state index in [9.17, 15) is 0 Å². The van der Waals surface area contributed by atoms with Crippen molar-refractivity contribution in [3.8, 4) is 0 Å². The zero-order chi connectivity index (χ0) is 14.6. The molecule has 0 aliphatic heterocycles. The van der Waals surface area contributed by atoms with Gasteiger partial charge in [0.25, 0.3) is 0 Å². The molecule has 6 N–H and O–H groups in total. The van der Waals surface area contributed by atoms with Crippen molar-refractivity contribution in [2.75, 3.05) is 0 Å². The average Bonchev–Trinajstić information content (AvgIpc) is 2.27. The fourth-order valence-electron chi connectivity index (χ4n) is 2.02. The molecule has 0 heterocycles. The molecule has 112 valence electrons. The molecule has 20 heavy (non-hydrogen) atoms. The number of hydrogen-bond acceptors (Lipinski definition) is 4. The minimum Gasteiger partial charge on any atom is -0.379 e. The zero-order valence-electron chi connectivity index (χ0n) is 11.9. The number of aryl methyl sites for hydroxylation is 2. The van der Waals surface area contributed by atoms with Crippen LogP contribution in [0.25, 0.3) is 0 Å². The Kier molecular flexibility index (Phi) is 8.08. The number of benzene rings is 1. The van der Waals surface area contributed by atoms with Gasteiger partial charge in [0.1, 0.15) is 0 Å². The maximum atomic E-state index is 7.31. The molecule has 7 heteroatoms. The smallest absolute Gasteiger partial charge is 0.151 e. The van der Waals surface area contributed by atoms with E-state index >= 15 is 0 Å². The Bertz CT molecular complexity index is 475. The van der Waals surface area contributed by atoms with Crippen molar-refractivity contribution in [2.24, 2.45) is 11.5 Å². The Morgan fingerprint density at radius 3 is 1.60 bits per heavy atom. The lowest BCUT2D eigenvalue weighted by Gasteiger charge is -2.16. The first kappa shape index (κ1) is 19.1. The number of thioether (sulfide) groups is 2. The molecule has 0 aliphatic rings. The highest BCUT2D eigenvalue weighted by Gasteiger charge is 2.12. The Balaban J connectivity index is 0.00000361. The first-order valence-electron chi connectivity index (χ1n) is 5.85. The van der Waals surface area contributed by atoms with Crippen molar-refractivity contribution >= 4 is 46.3 Å². The van der Waals surface area contributed by atoms with Gasteiger partial charge in [-0.1, -0.05) is 29.6 Å². The lowest BCUT2D eigenvalue weighted by Crippen LogP contribution is -2.08. The third kappa shape index (κ3) is 5.26. The second kappa shape index (κ2) is 8.44. The van der Waals surface area contributed by atoms with Crippen molar-refractivity contribution in [3.63, 3.8) is 0 Å². The number of rotatable bonds is 4. The molecule has 4 nitrogen and oxygen atoms in total. The van der Waals surface area contributed by atoms with E-state index in [0.717, 1.165) is 0 Å². The van der Waals surface area contributed by atoms with E-state index in [1.165, 1.54) is 51.3 Å². The SMILES string of the molecule is Cc1cc(C)c(CSC(=N)N)c(C)c1CSC(=N)N.Cl. The monoisotopic (exact) mass is 332 g/mol. The third-order valence-electron chi connectivity index (χ3n) is 3.03. The molecule has 0 fully saturated rings. The largest absolute Gasteiger partial charge is 0.379 e. The van der Waals surface area contributed by atoms with Crippen LogP contribution in [0, 0.1) is 31.6 Å². The summed E-state index contributed by atoms with van der Waals surface area (Å²) in [5.41, 5.74) is 16.9. The molecule has 0 bridgehead atoms. The standard InChI is InChI=1S/C13H20N4S2.ClH/c1-7-4-8(2)11(6-19-13(16)17)9(3)10(7)5-18-12(14)15;/h4H,5-6H2,1-3H3,(H3,14,15)(H3,16,17);1H. The van der Waals surface area contributed by atoms with E-state index in [0.29, 0.717) is 11.5 Å². The summed E-state index contributed by atoms with van der Waals surface area (Å²) in [6, 6.07) is 2.15. The van der Waals surface area contributed by atoms with Crippen LogP contribution in [0.2, 0.25) is 0 Å². The van der Waals surface area contributed by atoms with Gasteiger partial charge in [-0.05, 0) is 48.6 Å². The molecule has 0 aliphatic carbocycles. The van der Waals surface area contributed by atoms with Crippen LogP contribution in [0.15, 0.2) is 6.07 Å². The average molecular weight is 333 g/mol. The predicted molar refractivity (Wildman–Crippen MR) is 94.3 cm³/mol. The van der Waals surface area contributed by atoms with Crippen LogP contribution in [0.3, 0.4) is 0 Å². The van der Waals surface area contributed by atoms with E-state index in [4.69, 9.17) is 22.3 Å². The first-order chi connectivity index (χ1) is 8.82. The lowest BCUT2D eigenvalue weighted by atomic mass is 9.95. The topological polar surface area (TPSA) is 99.7 Å². The maximum Gasteiger partial charge on any atom is 0.151 e. The van der Waals surface area contributed by atoms with Gasteiger partial charge in [0.05, 0.1) is 0 Å². The minimum absolute atomic E-state index is 0. The molecule has 0 radical (unpaired) electrons. The fraction of sp³-hybridized carbons (Fsp3) is 0.385. The van der Waals surface area contributed by atoms with Crippen LogP contribution >= 0.6 is 35.9 Å². The summed E-state index contributed by atoms with van der Waals surface area (Å²) in [6.45, 7) is 6.25. The van der Waals surface area contributed by atoms with Gasteiger partial charge in [-0.3, -0.25) is 10.8 Å². The fourth-order valence-corrected chi connectivity index (χ4v) is 3.50. The number of halogens is 1. The molecule has 0 atom stereocenters. The second-order valence-corrected chi connectivity index (χ2v) is 6.43. The van der Waals surface area contributed by atoms with Crippen LogP contribution in [-0.4, -0.2) is 10.3 Å². The third-order valence-corrected chi connectivity index (χ3v) is 4.52. The van der Waals surface area contributed by atoms with Crippen LogP contribution in [0.5, 0.6) is 0 Å². The first-order valence-corrected chi connectivity index (χ1v) is 7.82. The minimum atomic E-state index is 0. The van der Waals surface area contributed by atoms with E-state index < -0.39 is 0 Å². The van der Waals surface area contributed by atoms with Crippen molar-refractivity contribution < 1.29 is 0 Å². The van der Waals surface area contributed by atoms with Crippen molar-refractivity contribution in [3.05, 3.63) is 33.9 Å². The normalized spacial score (nSPS) is 9.95. The maximum absolute atomic E-state index is 7.31. The molecule has 0 unspecified atom stereocenters. The predicted octanol–water partition coefficient (Wildman–Crippen LogP) is 3.29. The summed E-state index contributed by atoms with van der Waals surface area (Å²) < 4.78 is 0. The molecular weight excluding hydrogens is 312 g/mol. The van der Waals surface area contributed by atoms with Crippen LogP contribution in [0.4, 0.5) is 0 Å². The molecular formula is C13H21ClN4S2. The van der Waals surface area contributed by atoms with E-state index in [-0.39, 0.29) is 22.7 Å². The van der Waals surface area contributed by atoms with Gasteiger partial charge in [-0.15, -0.1) is 12.4 Å². The highest BCUT2D eigenvalue weighted by atomic mass is 35.5. The number of nitrogens with one attached hydrogen (secondary N) is 2. The molecule has 0 spiro atoms. The van der Waals surface area contributed by atoms with Crippen molar-refractivity contribution in [1.29, 1.82) is 10.8 Å². The van der Waals surface area contributed by atoms with E-state index in [2.05, 4.69) is 26.8 Å². The zero-order valence-corrected chi connectivity index (χ0v) is 14.3. The van der Waals surface area contributed by atoms with Crippen molar-refractivity contribution in [1.82, 2.24) is 0 Å².